The number of aliphatic carboxylic acids is 1. The van der Waals surface area contributed by atoms with Crippen LogP contribution < -0.4 is 0 Å². The van der Waals surface area contributed by atoms with Gasteiger partial charge in [0.2, 0.25) is 0 Å². The third kappa shape index (κ3) is 2.24. The summed E-state index contributed by atoms with van der Waals surface area (Å²) in [6.45, 7) is 6.51. The van der Waals surface area contributed by atoms with E-state index < -0.39 is 12.0 Å². The summed E-state index contributed by atoms with van der Waals surface area (Å²) in [5.74, 6) is 0.658. The van der Waals surface area contributed by atoms with E-state index in [4.69, 9.17) is 0 Å². The summed E-state index contributed by atoms with van der Waals surface area (Å²) in [5.41, 5.74) is 1.10. The van der Waals surface area contributed by atoms with E-state index in [0.717, 1.165) is 50.3 Å². The molecule has 0 radical (unpaired) electrons. The van der Waals surface area contributed by atoms with Crippen molar-refractivity contribution in [1.82, 2.24) is 14.5 Å². The number of likely N-dealkylation sites (tertiary alicyclic amines) is 1. The van der Waals surface area contributed by atoms with Crippen LogP contribution in [-0.4, -0.2) is 44.7 Å². The van der Waals surface area contributed by atoms with E-state index in [9.17, 15) is 9.90 Å². The van der Waals surface area contributed by atoms with Gasteiger partial charge in [0.05, 0.1) is 0 Å². The van der Waals surface area contributed by atoms with Crippen molar-refractivity contribution in [3.8, 4) is 0 Å². The van der Waals surface area contributed by atoms with Crippen LogP contribution in [0.1, 0.15) is 56.6 Å². The quantitative estimate of drug-likeness (QED) is 0.918. The number of carboxylic acids is 1. The molecule has 1 aromatic rings. The molecule has 0 spiro atoms. The fourth-order valence-corrected chi connectivity index (χ4v) is 3.57. The number of carbonyl (C=O) groups is 1. The van der Waals surface area contributed by atoms with E-state index in [1.165, 1.54) is 0 Å². The van der Waals surface area contributed by atoms with Crippen LogP contribution in [-0.2, 0) is 11.2 Å². The van der Waals surface area contributed by atoms with Crippen molar-refractivity contribution in [3.63, 3.8) is 0 Å². The first-order chi connectivity index (χ1) is 9.58. The van der Waals surface area contributed by atoms with E-state index in [0.29, 0.717) is 12.0 Å². The lowest BCUT2D eigenvalue weighted by Crippen LogP contribution is -2.30. The maximum atomic E-state index is 11.5. The lowest BCUT2D eigenvalue weighted by atomic mass is 10.0. The number of fused-ring (bicyclic) bond motifs is 1. The molecule has 2 atom stereocenters. The van der Waals surface area contributed by atoms with Crippen LogP contribution in [0.15, 0.2) is 6.20 Å². The van der Waals surface area contributed by atoms with Crippen molar-refractivity contribution < 1.29 is 9.90 Å². The molecule has 0 amide bonds. The van der Waals surface area contributed by atoms with Crippen LogP contribution in [0.5, 0.6) is 0 Å². The van der Waals surface area contributed by atoms with Gasteiger partial charge in [0.25, 0.3) is 0 Å². The molecule has 1 N–H and O–H groups in total. The normalized spacial score (nSPS) is 26.9. The highest BCUT2D eigenvalue weighted by atomic mass is 16.4. The zero-order chi connectivity index (χ0) is 14.3. The van der Waals surface area contributed by atoms with Gasteiger partial charge in [-0.05, 0) is 46.1 Å². The van der Waals surface area contributed by atoms with Crippen molar-refractivity contribution >= 4 is 5.97 Å². The molecule has 5 nitrogen and oxygen atoms in total. The van der Waals surface area contributed by atoms with Gasteiger partial charge < -0.3 is 14.6 Å². The number of imidazole rings is 1. The van der Waals surface area contributed by atoms with Crippen molar-refractivity contribution in [2.45, 2.75) is 57.5 Å². The number of nitrogens with zero attached hydrogens (tertiary/aromatic N) is 3. The Morgan fingerprint density at radius 3 is 2.90 bits per heavy atom. The van der Waals surface area contributed by atoms with Crippen LogP contribution in [0.3, 0.4) is 0 Å². The standard InChI is InChI=1S/C15H23N3O2/c1-10(2)17-7-6-11(9-17)14-16-8-12-4-3-5-13(15(19)20)18(12)14/h8,10-11,13H,3-7,9H2,1-2H3,(H,19,20). The van der Waals surface area contributed by atoms with Gasteiger partial charge in [-0.3, -0.25) is 0 Å². The van der Waals surface area contributed by atoms with Gasteiger partial charge in [-0.1, -0.05) is 0 Å². The van der Waals surface area contributed by atoms with Crippen molar-refractivity contribution in [2.75, 3.05) is 13.1 Å². The topological polar surface area (TPSA) is 58.4 Å². The molecule has 20 heavy (non-hydrogen) atoms. The summed E-state index contributed by atoms with van der Waals surface area (Å²) < 4.78 is 2.01. The fraction of sp³-hybridized carbons (Fsp3) is 0.733. The first-order valence-electron chi connectivity index (χ1n) is 7.60. The minimum Gasteiger partial charge on any atom is -0.480 e. The van der Waals surface area contributed by atoms with Crippen LogP contribution in [0.4, 0.5) is 0 Å². The molecule has 0 saturated carbocycles. The van der Waals surface area contributed by atoms with Gasteiger partial charge in [0.15, 0.2) is 0 Å². The third-order valence-corrected chi connectivity index (χ3v) is 4.72. The predicted octanol–water partition coefficient (Wildman–Crippen LogP) is 2.04. The molecule has 0 aromatic carbocycles. The van der Waals surface area contributed by atoms with E-state index in [2.05, 4.69) is 23.7 Å². The van der Waals surface area contributed by atoms with E-state index >= 15 is 0 Å². The second kappa shape index (κ2) is 5.20. The predicted molar refractivity (Wildman–Crippen MR) is 75.9 cm³/mol. The third-order valence-electron chi connectivity index (χ3n) is 4.72. The van der Waals surface area contributed by atoms with E-state index in [1.807, 2.05) is 10.8 Å². The van der Waals surface area contributed by atoms with Crippen LogP contribution in [0.2, 0.25) is 0 Å². The second-order valence-electron chi connectivity index (χ2n) is 6.30. The van der Waals surface area contributed by atoms with Crippen molar-refractivity contribution in [3.05, 3.63) is 17.7 Å². The lowest BCUT2D eigenvalue weighted by molar-refractivity contribution is -0.141. The lowest BCUT2D eigenvalue weighted by Gasteiger charge is -2.26. The molecule has 3 heterocycles. The Morgan fingerprint density at radius 1 is 1.45 bits per heavy atom. The van der Waals surface area contributed by atoms with Crippen LogP contribution in [0, 0.1) is 0 Å². The molecule has 110 valence electrons. The fourth-order valence-electron chi connectivity index (χ4n) is 3.57. The molecule has 2 unspecified atom stereocenters. The van der Waals surface area contributed by atoms with Gasteiger partial charge in [0.1, 0.15) is 11.9 Å². The van der Waals surface area contributed by atoms with Crippen LogP contribution >= 0.6 is 0 Å². The highest BCUT2D eigenvalue weighted by Gasteiger charge is 2.34. The van der Waals surface area contributed by atoms with Gasteiger partial charge in [-0.2, -0.15) is 0 Å². The largest absolute Gasteiger partial charge is 0.480 e. The maximum Gasteiger partial charge on any atom is 0.326 e. The number of hydrogen-bond acceptors (Lipinski definition) is 3. The number of hydrogen-bond donors (Lipinski definition) is 1. The monoisotopic (exact) mass is 277 g/mol. The molecule has 5 heteroatoms. The van der Waals surface area contributed by atoms with Gasteiger partial charge in [-0.15, -0.1) is 0 Å². The first kappa shape index (κ1) is 13.6. The Balaban J connectivity index is 1.89. The highest BCUT2D eigenvalue weighted by molar-refractivity contribution is 5.72. The number of aryl methyl sites for hydroxylation is 1. The molecule has 1 fully saturated rings. The molecule has 2 aliphatic rings. The van der Waals surface area contributed by atoms with Crippen molar-refractivity contribution in [2.24, 2.45) is 0 Å². The first-order valence-corrected chi connectivity index (χ1v) is 7.60. The number of rotatable bonds is 3. The van der Waals surface area contributed by atoms with E-state index in [1.54, 1.807) is 0 Å². The SMILES string of the molecule is CC(C)N1CCC(c2ncc3n2C(C(=O)O)CCC3)C1. The average molecular weight is 277 g/mol. The van der Waals surface area contributed by atoms with Crippen molar-refractivity contribution in [1.29, 1.82) is 0 Å². The number of carboxylic acid groups (broad SMARTS) is 1. The molecule has 0 bridgehead atoms. The molecular formula is C15H23N3O2. The second-order valence-corrected chi connectivity index (χ2v) is 6.30. The Kier molecular flexibility index (Phi) is 3.54. The molecule has 0 aliphatic carbocycles. The molecule has 1 aromatic heterocycles. The summed E-state index contributed by atoms with van der Waals surface area (Å²) in [5, 5.41) is 9.45. The zero-order valence-corrected chi connectivity index (χ0v) is 12.2. The number of aromatic nitrogens is 2. The van der Waals surface area contributed by atoms with Gasteiger partial charge >= 0.3 is 5.97 Å². The average Bonchev–Trinajstić information content (AvgIpc) is 3.04. The summed E-state index contributed by atoms with van der Waals surface area (Å²) in [6, 6.07) is 0.135. The molecule has 1 saturated heterocycles. The highest BCUT2D eigenvalue weighted by Crippen LogP contribution is 2.34. The summed E-state index contributed by atoms with van der Waals surface area (Å²) >= 11 is 0. The Labute approximate surface area is 119 Å². The minimum atomic E-state index is -0.719. The summed E-state index contributed by atoms with van der Waals surface area (Å²) in [6.07, 6.45) is 5.61. The van der Waals surface area contributed by atoms with Gasteiger partial charge in [-0.25, -0.2) is 9.78 Å². The minimum absolute atomic E-state index is 0.381. The molecule has 3 rings (SSSR count). The van der Waals surface area contributed by atoms with Gasteiger partial charge in [0, 0.05) is 30.4 Å². The zero-order valence-electron chi connectivity index (χ0n) is 12.2. The summed E-state index contributed by atoms with van der Waals surface area (Å²) in [7, 11) is 0. The maximum absolute atomic E-state index is 11.5. The van der Waals surface area contributed by atoms with Crippen LogP contribution in [0.25, 0.3) is 0 Å². The Bertz CT molecular complexity index is 509. The molecular weight excluding hydrogens is 254 g/mol. The Morgan fingerprint density at radius 2 is 2.25 bits per heavy atom. The summed E-state index contributed by atoms with van der Waals surface area (Å²) in [4.78, 5) is 18.5. The Hall–Kier alpha value is -1.36. The smallest absolute Gasteiger partial charge is 0.326 e. The molecule has 2 aliphatic heterocycles. The van der Waals surface area contributed by atoms with E-state index in [-0.39, 0.29) is 0 Å².